The van der Waals surface area contributed by atoms with Crippen LogP contribution in [-0.4, -0.2) is 13.6 Å². The van der Waals surface area contributed by atoms with Crippen LogP contribution in [-0.2, 0) is 12.8 Å². The van der Waals surface area contributed by atoms with Gasteiger partial charge in [0.25, 0.3) is 0 Å². The van der Waals surface area contributed by atoms with Crippen LogP contribution >= 0.6 is 0 Å². The highest BCUT2D eigenvalue weighted by molar-refractivity contribution is 5.35. The molecule has 1 aliphatic rings. The van der Waals surface area contributed by atoms with Crippen molar-refractivity contribution in [1.29, 1.82) is 0 Å². The lowest BCUT2D eigenvalue weighted by Gasteiger charge is -2.06. The van der Waals surface area contributed by atoms with Crippen LogP contribution < -0.4 is 5.32 Å². The van der Waals surface area contributed by atoms with Crippen molar-refractivity contribution in [2.45, 2.75) is 26.2 Å². The molecule has 1 atom stereocenters. The van der Waals surface area contributed by atoms with Gasteiger partial charge in [0, 0.05) is 0 Å². The minimum absolute atomic E-state index is 0.874. The maximum absolute atomic E-state index is 3.23. The van der Waals surface area contributed by atoms with E-state index in [1.54, 1.807) is 11.1 Å². The summed E-state index contributed by atoms with van der Waals surface area (Å²) in [7, 11) is 2.03. The number of fused-ring (bicyclic) bond motifs is 1. The van der Waals surface area contributed by atoms with Crippen molar-refractivity contribution >= 4 is 0 Å². The van der Waals surface area contributed by atoms with Crippen molar-refractivity contribution in [3.05, 3.63) is 34.9 Å². The summed E-state index contributed by atoms with van der Waals surface area (Å²) in [6.45, 7) is 3.33. The number of nitrogens with one attached hydrogen (secondary N) is 1. The molecule has 1 aliphatic carbocycles. The van der Waals surface area contributed by atoms with E-state index in [2.05, 4.69) is 30.4 Å². The zero-order chi connectivity index (χ0) is 9.97. The Bertz CT molecular complexity index is 317. The van der Waals surface area contributed by atoms with Crippen molar-refractivity contribution in [3.63, 3.8) is 0 Å². The van der Waals surface area contributed by atoms with E-state index < -0.39 is 0 Å². The molecule has 0 amide bonds. The monoisotopic (exact) mass is 189 g/mol. The molecule has 0 radical (unpaired) electrons. The van der Waals surface area contributed by atoms with Gasteiger partial charge < -0.3 is 5.32 Å². The largest absolute Gasteiger partial charge is 0.320 e. The van der Waals surface area contributed by atoms with Crippen molar-refractivity contribution in [2.24, 2.45) is 5.92 Å². The van der Waals surface area contributed by atoms with E-state index >= 15 is 0 Å². The summed E-state index contributed by atoms with van der Waals surface area (Å²) in [5.41, 5.74) is 4.57. The molecule has 0 saturated heterocycles. The third-order valence-electron chi connectivity index (χ3n) is 3.18. The molecule has 76 valence electrons. The van der Waals surface area contributed by atoms with Gasteiger partial charge in [-0.05, 0) is 56.8 Å². The zero-order valence-electron chi connectivity index (χ0n) is 9.14. The molecule has 14 heavy (non-hydrogen) atoms. The zero-order valence-corrected chi connectivity index (χ0v) is 9.14. The lowest BCUT2D eigenvalue weighted by molar-refractivity contribution is 0.500. The van der Waals surface area contributed by atoms with Gasteiger partial charge in [-0.25, -0.2) is 0 Å². The molecule has 0 spiro atoms. The van der Waals surface area contributed by atoms with Crippen LogP contribution in [0.4, 0.5) is 0 Å². The Balaban J connectivity index is 2.03. The molecule has 1 aromatic carbocycles. The summed E-state index contributed by atoms with van der Waals surface area (Å²) in [5.74, 6) is 0.874. The van der Waals surface area contributed by atoms with Crippen LogP contribution in [0, 0.1) is 12.8 Å². The fourth-order valence-corrected chi connectivity index (χ4v) is 2.39. The third kappa shape index (κ3) is 1.98. The number of benzene rings is 1. The Kier molecular flexibility index (Phi) is 2.87. The molecular weight excluding hydrogens is 170 g/mol. The molecule has 0 heterocycles. The Morgan fingerprint density at radius 3 is 2.86 bits per heavy atom. The van der Waals surface area contributed by atoms with Crippen molar-refractivity contribution in [2.75, 3.05) is 13.6 Å². The molecule has 0 bridgehead atoms. The SMILES string of the molecule is CNCCC1Cc2ccc(C)cc2C1. The Morgan fingerprint density at radius 1 is 1.29 bits per heavy atom. The summed E-state index contributed by atoms with van der Waals surface area (Å²) in [5, 5.41) is 3.23. The first-order chi connectivity index (χ1) is 6.79. The average molecular weight is 189 g/mol. The van der Waals surface area contributed by atoms with Crippen molar-refractivity contribution in [3.8, 4) is 0 Å². The van der Waals surface area contributed by atoms with Crippen molar-refractivity contribution < 1.29 is 0 Å². The first-order valence-electron chi connectivity index (χ1n) is 5.52. The minimum atomic E-state index is 0.874. The van der Waals surface area contributed by atoms with Crippen LogP contribution in [0.5, 0.6) is 0 Å². The topological polar surface area (TPSA) is 12.0 Å². The Morgan fingerprint density at radius 2 is 2.07 bits per heavy atom. The second-order valence-corrected chi connectivity index (χ2v) is 4.44. The molecule has 0 aliphatic heterocycles. The fourth-order valence-electron chi connectivity index (χ4n) is 2.39. The standard InChI is InChI=1S/C13H19N/c1-10-3-4-12-8-11(5-6-14-2)9-13(12)7-10/h3-4,7,11,14H,5-6,8-9H2,1-2H3. The van der Waals surface area contributed by atoms with Gasteiger partial charge in [0.1, 0.15) is 0 Å². The quantitative estimate of drug-likeness (QED) is 0.769. The van der Waals surface area contributed by atoms with E-state index in [1.165, 1.54) is 24.8 Å². The van der Waals surface area contributed by atoms with Crippen LogP contribution in [0.25, 0.3) is 0 Å². The lowest BCUT2D eigenvalue weighted by atomic mass is 10.0. The number of hydrogen-bond donors (Lipinski definition) is 1. The summed E-state index contributed by atoms with van der Waals surface area (Å²) < 4.78 is 0. The van der Waals surface area contributed by atoms with Crippen LogP contribution in [0.1, 0.15) is 23.1 Å². The Labute approximate surface area is 86.5 Å². The number of hydrogen-bond acceptors (Lipinski definition) is 1. The molecule has 1 nitrogen and oxygen atoms in total. The average Bonchev–Trinajstić information content (AvgIpc) is 2.56. The Hall–Kier alpha value is -0.820. The molecule has 1 heteroatoms. The smallest absolute Gasteiger partial charge is 0.00491 e. The number of aryl methyl sites for hydroxylation is 1. The second-order valence-electron chi connectivity index (χ2n) is 4.44. The maximum atomic E-state index is 3.23. The predicted molar refractivity (Wildman–Crippen MR) is 60.6 cm³/mol. The van der Waals surface area contributed by atoms with E-state index in [0.717, 1.165) is 12.5 Å². The van der Waals surface area contributed by atoms with Crippen LogP contribution in [0.2, 0.25) is 0 Å². The van der Waals surface area contributed by atoms with E-state index in [0.29, 0.717) is 0 Å². The molecule has 0 fully saturated rings. The molecule has 1 N–H and O–H groups in total. The summed E-state index contributed by atoms with van der Waals surface area (Å²) in [4.78, 5) is 0. The van der Waals surface area contributed by atoms with E-state index in [9.17, 15) is 0 Å². The van der Waals surface area contributed by atoms with Gasteiger partial charge in [0.05, 0.1) is 0 Å². The maximum Gasteiger partial charge on any atom is -0.00491 e. The molecule has 2 rings (SSSR count). The minimum Gasteiger partial charge on any atom is -0.320 e. The first kappa shape index (κ1) is 9.72. The van der Waals surface area contributed by atoms with E-state index in [4.69, 9.17) is 0 Å². The number of rotatable bonds is 3. The molecule has 0 aromatic heterocycles. The first-order valence-corrected chi connectivity index (χ1v) is 5.52. The third-order valence-corrected chi connectivity index (χ3v) is 3.18. The normalized spacial score (nSPS) is 19.7. The highest BCUT2D eigenvalue weighted by Crippen LogP contribution is 2.29. The van der Waals surface area contributed by atoms with Gasteiger partial charge in [0.2, 0.25) is 0 Å². The molecule has 1 unspecified atom stereocenters. The van der Waals surface area contributed by atoms with Gasteiger partial charge >= 0.3 is 0 Å². The van der Waals surface area contributed by atoms with Crippen LogP contribution in [0.15, 0.2) is 18.2 Å². The molecule has 0 saturated carbocycles. The van der Waals surface area contributed by atoms with Gasteiger partial charge in [-0.15, -0.1) is 0 Å². The van der Waals surface area contributed by atoms with E-state index in [1.807, 2.05) is 7.05 Å². The van der Waals surface area contributed by atoms with Crippen molar-refractivity contribution in [1.82, 2.24) is 5.32 Å². The molecular formula is C13H19N. The predicted octanol–water partition coefficient (Wildman–Crippen LogP) is 2.32. The van der Waals surface area contributed by atoms with Gasteiger partial charge in [0.15, 0.2) is 0 Å². The highest BCUT2D eigenvalue weighted by atomic mass is 14.8. The van der Waals surface area contributed by atoms with Gasteiger partial charge in [-0.2, -0.15) is 0 Å². The summed E-state index contributed by atoms with van der Waals surface area (Å²) in [6, 6.07) is 6.90. The summed E-state index contributed by atoms with van der Waals surface area (Å²) >= 11 is 0. The summed E-state index contributed by atoms with van der Waals surface area (Å²) in [6.07, 6.45) is 3.89. The van der Waals surface area contributed by atoms with Crippen LogP contribution in [0.3, 0.4) is 0 Å². The van der Waals surface area contributed by atoms with Gasteiger partial charge in [-0.1, -0.05) is 23.8 Å². The van der Waals surface area contributed by atoms with E-state index in [-0.39, 0.29) is 0 Å². The van der Waals surface area contributed by atoms with Gasteiger partial charge in [-0.3, -0.25) is 0 Å². The molecule has 1 aromatic rings. The lowest BCUT2D eigenvalue weighted by Crippen LogP contribution is -2.13. The highest BCUT2D eigenvalue weighted by Gasteiger charge is 2.20. The fraction of sp³-hybridized carbons (Fsp3) is 0.538. The second kappa shape index (κ2) is 4.14.